The van der Waals surface area contributed by atoms with E-state index in [1.54, 1.807) is 0 Å². The molecule has 70 valence electrons. The Hall–Kier alpha value is -0.740. The lowest BCUT2D eigenvalue weighted by Gasteiger charge is -2.09. The summed E-state index contributed by atoms with van der Waals surface area (Å²) in [6, 6.07) is 7.73. The summed E-state index contributed by atoms with van der Waals surface area (Å²) >= 11 is 9.33. The van der Waals surface area contributed by atoms with Crippen molar-refractivity contribution in [2.75, 3.05) is 11.9 Å². The quantitative estimate of drug-likeness (QED) is 0.518. The van der Waals surface area contributed by atoms with Crippen LogP contribution in [0.15, 0.2) is 29.2 Å². The molecule has 0 aromatic heterocycles. The standard InChI is InChI=1S/C9H12N2S2/c1-2-10-9(13)11-7-5-3-4-6-8(7)12/h3-6,12H,2H2,1H3,(H2,10,11,13). The van der Waals surface area contributed by atoms with Crippen LogP contribution in [0.2, 0.25) is 0 Å². The second-order valence-corrected chi connectivity index (χ2v) is 3.39. The number of benzene rings is 1. The molecule has 1 aromatic carbocycles. The molecule has 0 saturated carbocycles. The van der Waals surface area contributed by atoms with E-state index in [0.29, 0.717) is 5.11 Å². The Labute approximate surface area is 89.1 Å². The maximum atomic E-state index is 5.04. The molecule has 0 aliphatic carbocycles. The molecule has 0 heterocycles. The van der Waals surface area contributed by atoms with Crippen molar-refractivity contribution < 1.29 is 0 Å². The molecule has 0 unspecified atom stereocenters. The monoisotopic (exact) mass is 212 g/mol. The number of hydrogen-bond donors (Lipinski definition) is 3. The minimum Gasteiger partial charge on any atom is -0.363 e. The highest BCUT2D eigenvalue weighted by Crippen LogP contribution is 2.17. The molecule has 13 heavy (non-hydrogen) atoms. The highest BCUT2D eigenvalue weighted by Gasteiger charge is 1.98. The Morgan fingerprint density at radius 1 is 1.46 bits per heavy atom. The summed E-state index contributed by atoms with van der Waals surface area (Å²) < 4.78 is 0. The van der Waals surface area contributed by atoms with Gasteiger partial charge in [0.15, 0.2) is 5.11 Å². The fourth-order valence-electron chi connectivity index (χ4n) is 0.906. The SMILES string of the molecule is CCNC(=S)Nc1ccccc1S. The number of thiol groups is 1. The van der Waals surface area contributed by atoms with Crippen molar-refractivity contribution >= 4 is 35.6 Å². The Morgan fingerprint density at radius 2 is 2.15 bits per heavy atom. The van der Waals surface area contributed by atoms with Gasteiger partial charge in [-0.2, -0.15) is 0 Å². The number of nitrogens with one attached hydrogen (secondary N) is 2. The van der Waals surface area contributed by atoms with Gasteiger partial charge in [0.2, 0.25) is 0 Å². The van der Waals surface area contributed by atoms with E-state index in [0.717, 1.165) is 17.1 Å². The topological polar surface area (TPSA) is 24.1 Å². The number of anilines is 1. The van der Waals surface area contributed by atoms with Crippen LogP contribution in [0.4, 0.5) is 5.69 Å². The smallest absolute Gasteiger partial charge is 0.170 e. The van der Waals surface area contributed by atoms with Gasteiger partial charge in [0.1, 0.15) is 0 Å². The minimum absolute atomic E-state index is 0.629. The lowest BCUT2D eigenvalue weighted by molar-refractivity contribution is 0.979. The second kappa shape index (κ2) is 5.09. The van der Waals surface area contributed by atoms with Crippen molar-refractivity contribution in [3.05, 3.63) is 24.3 Å². The average Bonchev–Trinajstić information content (AvgIpc) is 2.09. The lowest BCUT2D eigenvalue weighted by atomic mass is 10.3. The van der Waals surface area contributed by atoms with Gasteiger partial charge in [0, 0.05) is 11.4 Å². The predicted molar refractivity (Wildman–Crippen MR) is 63.6 cm³/mol. The number of rotatable bonds is 2. The summed E-state index contributed by atoms with van der Waals surface area (Å²) in [5.41, 5.74) is 0.928. The van der Waals surface area contributed by atoms with Gasteiger partial charge in [-0.15, -0.1) is 12.6 Å². The molecule has 4 heteroatoms. The number of hydrogen-bond acceptors (Lipinski definition) is 2. The normalized spacial score (nSPS) is 9.38. The van der Waals surface area contributed by atoms with Crippen LogP contribution >= 0.6 is 24.8 Å². The van der Waals surface area contributed by atoms with Crippen molar-refractivity contribution in [1.82, 2.24) is 5.32 Å². The third-order valence-corrected chi connectivity index (χ3v) is 2.13. The van der Waals surface area contributed by atoms with Crippen LogP contribution in [0.25, 0.3) is 0 Å². The molecule has 1 rings (SSSR count). The van der Waals surface area contributed by atoms with Crippen LogP contribution in [0, 0.1) is 0 Å². The van der Waals surface area contributed by atoms with Crippen LogP contribution in [0.5, 0.6) is 0 Å². The van der Waals surface area contributed by atoms with Gasteiger partial charge in [-0.1, -0.05) is 12.1 Å². The van der Waals surface area contributed by atoms with Crippen molar-refractivity contribution in [2.24, 2.45) is 0 Å². The highest BCUT2D eigenvalue weighted by atomic mass is 32.1. The van der Waals surface area contributed by atoms with Crippen molar-refractivity contribution in [3.8, 4) is 0 Å². The summed E-state index contributed by atoms with van der Waals surface area (Å²) in [6.45, 7) is 2.82. The van der Waals surface area contributed by atoms with E-state index in [9.17, 15) is 0 Å². The molecule has 0 fully saturated rings. The van der Waals surface area contributed by atoms with E-state index in [1.165, 1.54) is 0 Å². The molecule has 0 bridgehead atoms. The largest absolute Gasteiger partial charge is 0.363 e. The van der Waals surface area contributed by atoms with Crippen LogP contribution in [0.3, 0.4) is 0 Å². The highest BCUT2D eigenvalue weighted by molar-refractivity contribution is 7.81. The van der Waals surface area contributed by atoms with Crippen LogP contribution < -0.4 is 10.6 Å². The van der Waals surface area contributed by atoms with Crippen LogP contribution in [0.1, 0.15) is 6.92 Å². The van der Waals surface area contributed by atoms with Crippen molar-refractivity contribution in [1.29, 1.82) is 0 Å². The van der Waals surface area contributed by atoms with Gasteiger partial charge >= 0.3 is 0 Å². The third kappa shape index (κ3) is 3.24. The molecular formula is C9H12N2S2. The summed E-state index contributed by atoms with van der Waals surface area (Å²) in [5.74, 6) is 0. The van der Waals surface area contributed by atoms with Crippen molar-refractivity contribution in [2.45, 2.75) is 11.8 Å². The van der Waals surface area contributed by atoms with E-state index < -0.39 is 0 Å². The molecule has 0 saturated heterocycles. The fraction of sp³-hybridized carbons (Fsp3) is 0.222. The summed E-state index contributed by atoms with van der Waals surface area (Å²) in [4.78, 5) is 0.891. The number of thiocarbonyl (C=S) groups is 1. The first-order chi connectivity index (χ1) is 6.24. The van der Waals surface area contributed by atoms with Gasteiger partial charge in [-0.3, -0.25) is 0 Å². The van der Waals surface area contributed by atoms with Gasteiger partial charge in [0.25, 0.3) is 0 Å². The molecule has 0 atom stereocenters. The Kier molecular flexibility index (Phi) is 4.05. The summed E-state index contributed by atoms with van der Waals surface area (Å²) in [5, 5.41) is 6.69. The zero-order valence-corrected chi connectivity index (χ0v) is 9.08. The zero-order valence-electron chi connectivity index (χ0n) is 7.37. The third-order valence-electron chi connectivity index (χ3n) is 1.49. The molecule has 0 amide bonds. The maximum Gasteiger partial charge on any atom is 0.170 e. The molecule has 0 spiro atoms. The molecule has 1 aromatic rings. The molecule has 2 nitrogen and oxygen atoms in total. The molecule has 0 radical (unpaired) electrons. The van der Waals surface area contributed by atoms with Gasteiger partial charge in [-0.05, 0) is 31.3 Å². The first-order valence-electron chi connectivity index (χ1n) is 4.07. The van der Waals surface area contributed by atoms with E-state index in [2.05, 4.69) is 23.3 Å². The van der Waals surface area contributed by atoms with Gasteiger partial charge in [0.05, 0.1) is 5.69 Å². The fourth-order valence-corrected chi connectivity index (χ4v) is 1.38. The Bertz CT molecular complexity index is 299. The van der Waals surface area contributed by atoms with Gasteiger partial charge < -0.3 is 10.6 Å². The first-order valence-corrected chi connectivity index (χ1v) is 4.92. The van der Waals surface area contributed by atoms with E-state index in [1.807, 2.05) is 31.2 Å². The maximum absolute atomic E-state index is 5.04. The van der Waals surface area contributed by atoms with E-state index in [-0.39, 0.29) is 0 Å². The first kappa shape index (κ1) is 10.3. The summed E-state index contributed by atoms with van der Waals surface area (Å²) in [7, 11) is 0. The average molecular weight is 212 g/mol. The van der Waals surface area contributed by atoms with Gasteiger partial charge in [-0.25, -0.2) is 0 Å². The predicted octanol–water partition coefficient (Wildman–Crippen LogP) is 2.28. The van der Waals surface area contributed by atoms with E-state index in [4.69, 9.17) is 12.2 Å². The second-order valence-electron chi connectivity index (χ2n) is 2.50. The Balaban J connectivity index is 2.63. The van der Waals surface area contributed by atoms with E-state index >= 15 is 0 Å². The van der Waals surface area contributed by atoms with Crippen molar-refractivity contribution in [3.63, 3.8) is 0 Å². The Morgan fingerprint density at radius 3 is 2.77 bits per heavy atom. The van der Waals surface area contributed by atoms with Crippen LogP contribution in [-0.4, -0.2) is 11.7 Å². The molecular weight excluding hydrogens is 200 g/mol. The number of para-hydroxylation sites is 1. The minimum atomic E-state index is 0.629. The lowest BCUT2D eigenvalue weighted by Crippen LogP contribution is -2.27. The molecule has 0 aliphatic heterocycles. The molecule has 2 N–H and O–H groups in total. The van der Waals surface area contributed by atoms with Crippen LogP contribution in [-0.2, 0) is 0 Å². The summed E-state index contributed by atoms with van der Waals surface area (Å²) in [6.07, 6.45) is 0. The zero-order chi connectivity index (χ0) is 9.68. The molecule has 0 aliphatic rings.